The average Bonchev–Trinajstić information content (AvgIpc) is 3.33. The van der Waals surface area contributed by atoms with Gasteiger partial charge in [0.1, 0.15) is 5.69 Å². The molecule has 0 N–H and O–H groups in total. The third-order valence-corrected chi connectivity index (χ3v) is 4.79. The van der Waals surface area contributed by atoms with Crippen molar-refractivity contribution in [2.45, 2.75) is 18.3 Å². The smallest absolute Gasteiger partial charge is 0.424 e. The number of methoxy groups -OCH3 is 2. The highest BCUT2D eigenvalue weighted by molar-refractivity contribution is 5.76. The van der Waals surface area contributed by atoms with Crippen LogP contribution < -0.4 is 14.4 Å². The molecule has 0 amide bonds. The lowest BCUT2D eigenvalue weighted by Crippen LogP contribution is -2.43. The van der Waals surface area contributed by atoms with E-state index >= 15 is 0 Å². The highest BCUT2D eigenvalue weighted by Crippen LogP contribution is 2.43. The molecule has 0 bridgehead atoms. The molecule has 1 aliphatic rings. The van der Waals surface area contributed by atoms with Crippen LogP contribution in [0.1, 0.15) is 6.42 Å². The molecule has 3 aromatic rings. The van der Waals surface area contributed by atoms with E-state index in [1.54, 1.807) is 6.20 Å². The number of halogens is 4. The van der Waals surface area contributed by atoms with E-state index in [-0.39, 0.29) is 18.4 Å². The first kappa shape index (κ1) is 19.2. The normalized spacial score (nSPS) is 19.7. The minimum Gasteiger partial charge on any atom is -0.480 e. The molecule has 1 saturated heterocycles. The molecule has 154 valence electrons. The van der Waals surface area contributed by atoms with Gasteiger partial charge in [0.05, 0.1) is 32.0 Å². The second-order valence-electron chi connectivity index (χ2n) is 6.52. The molecular formula is C17H16F4N6O2. The van der Waals surface area contributed by atoms with Crippen LogP contribution in [0.2, 0.25) is 0 Å². The van der Waals surface area contributed by atoms with Crippen molar-refractivity contribution in [1.29, 1.82) is 0 Å². The second-order valence-corrected chi connectivity index (χ2v) is 6.52. The SMILES string of the molecule is COc1ncc(-c2cc(N3CCC(F)(C(F)(F)F)C3)c3nccn3n2)c(OC)n1. The van der Waals surface area contributed by atoms with Crippen molar-refractivity contribution in [3.05, 3.63) is 24.7 Å². The minimum absolute atomic E-state index is 0.0847. The molecular weight excluding hydrogens is 396 g/mol. The van der Waals surface area contributed by atoms with E-state index in [9.17, 15) is 17.6 Å². The lowest BCUT2D eigenvalue weighted by molar-refractivity contribution is -0.221. The van der Waals surface area contributed by atoms with Crippen LogP contribution in [0.25, 0.3) is 16.9 Å². The summed E-state index contributed by atoms with van der Waals surface area (Å²) in [5.41, 5.74) is -1.92. The summed E-state index contributed by atoms with van der Waals surface area (Å²) >= 11 is 0. The summed E-state index contributed by atoms with van der Waals surface area (Å²) in [6.45, 7) is -0.934. The summed E-state index contributed by atoms with van der Waals surface area (Å²) in [4.78, 5) is 13.6. The van der Waals surface area contributed by atoms with Crippen molar-refractivity contribution in [3.8, 4) is 23.1 Å². The fraction of sp³-hybridized carbons (Fsp3) is 0.412. The van der Waals surface area contributed by atoms with Gasteiger partial charge in [-0.1, -0.05) is 0 Å². The van der Waals surface area contributed by atoms with Gasteiger partial charge in [-0.25, -0.2) is 18.9 Å². The topological polar surface area (TPSA) is 77.7 Å². The van der Waals surface area contributed by atoms with E-state index in [0.717, 1.165) is 0 Å². The molecule has 4 heterocycles. The average molecular weight is 412 g/mol. The minimum atomic E-state index is -4.95. The number of ether oxygens (including phenoxy) is 2. The number of fused-ring (bicyclic) bond motifs is 1. The van der Waals surface area contributed by atoms with Crippen molar-refractivity contribution in [1.82, 2.24) is 24.6 Å². The number of rotatable bonds is 4. The Morgan fingerprint density at radius 2 is 1.97 bits per heavy atom. The molecule has 29 heavy (non-hydrogen) atoms. The number of nitrogens with zero attached hydrogens (tertiary/aromatic N) is 6. The summed E-state index contributed by atoms with van der Waals surface area (Å²) in [5.74, 6) is 0.173. The Kier molecular flexibility index (Phi) is 4.43. The number of alkyl halides is 4. The highest BCUT2D eigenvalue weighted by atomic mass is 19.4. The van der Waals surface area contributed by atoms with Gasteiger partial charge >= 0.3 is 12.2 Å². The van der Waals surface area contributed by atoms with Gasteiger partial charge in [0.25, 0.3) is 0 Å². The van der Waals surface area contributed by atoms with E-state index in [1.165, 1.54) is 42.1 Å². The third kappa shape index (κ3) is 3.17. The van der Waals surface area contributed by atoms with Crippen LogP contribution in [0.4, 0.5) is 23.2 Å². The van der Waals surface area contributed by atoms with Crippen LogP contribution in [0.15, 0.2) is 24.7 Å². The second kappa shape index (κ2) is 6.71. The zero-order valence-electron chi connectivity index (χ0n) is 15.4. The fourth-order valence-corrected chi connectivity index (χ4v) is 3.25. The maximum atomic E-state index is 14.4. The predicted octanol–water partition coefficient (Wildman–Crippen LogP) is 2.68. The van der Waals surface area contributed by atoms with Crippen LogP contribution in [-0.2, 0) is 0 Å². The largest absolute Gasteiger partial charge is 0.480 e. The van der Waals surface area contributed by atoms with E-state index in [1.807, 2.05) is 0 Å². The number of hydrogen-bond donors (Lipinski definition) is 0. The third-order valence-electron chi connectivity index (χ3n) is 4.79. The summed E-state index contributed by atoms with van der Waals surface area (Å²) in [5, 5.41) is 4.40. The first-order chi connectivity index (χ1) is 13.8. The Balaban J connectivity index is 1.81. The van der Waals surface area contributed by atoms with Gasteiger partial charge in [-0.05, 0) is 6.07 Å². The number of aromatic nitrogens is 5. The van der Waals surface area contributed by atoms with Gasteiger partial charge in [0, 0.05) is 31.6 Å². The Labute approximate surface area is 162 Å². The zero-order chi connectivity index (χ0) is 20.8. The number of imidazole rings is 1. The number of hydrogen-bond acceptors (Lipinski definition) is 7. The van der Waals surface area contributed by atoms with E-state index in [2.05, 4.69) is 20.1 Å². The standard InChI is InChI=1S/C17H16F4N6O2/c1-28-14-10(8-23-15(24-14)29-2)11-7-12(13-22-4-6-27(13)25-11)26-5-3-16(18,9-26)17(19,20)21/h4,6-8H,3,5,9H2,1-2H3. The first-order valence-corrected chi connectivity index (χ1v) is 8.56. The Hall–Kier alpha value is -3.18. The molecule has 0 aromatic carbocycles. The van der Waals surface area contributed by atoms with Crippen molar-refractivity contribution in [2.24, 2.45) is 0 Å². The molecule has 4 rings (SSSR count). The van der Waals surface area contributed by atoms with Gasteiger partial charge in [-0.2, -0.15) is 23.3 Å². The van der Waals surface area contributed by atoms with Gasteiger partial charge < -0.3 is 14.4 Å². The molecule has 8 nitrogen and oxygen atoms in total. The monoisotopic (exact) mass is 412 g/mol. The Morgan fingerprint density at radius 1 is 1.17 bits per heavy atom. The fourth-order valence-electron chi connectivity index (χ4n) is 3.25. The molecule has 3 aromatic heterocycles. The maximum absolute atomic E-state index is 14.4. The van der Waals surface area contributed by atoms with Crippen LogP contribution >= 0.6 is 0 Å². The van der Waals surface area contributed by atoms with E-state index in [0.29, 0.717) is 22.6 Å². The van der Waals surface area contributed by atoms with Crippen molar-refractivity contribution >= 4 is 11.3 Å². The summed E-state index contributed by atoms with van der Waals surface area (Å²) in [6, 6.07) is 1.61. The van der Waals surface area contributed by atoms with Gasteiger partial charge in [-0.15, -0.1) is 0 Å². The van der Waals surface area contributed by atoms with Gasteiger partial charge in [0.2, 0.25) is 11.5 Å². The van der Waals surface area contributed by atoms with Gasteiger partial charge in [-0.3, -0.25) is 0 Å². The van der Waals surface area contributed by atoms with Crippen molar-refractivity contribution < 1.29 is 27.0 Å². The maximum Gasteiger partial charge on any atom is 0.424 e. The van der Waals surface area contributed by atoms with Crippen LogP contribution in [0, 0.1) is 0 Å². The van der Waals surface area contributed by atoms with Crippen molar-refractivity contribution in [3.63, 3.8) is 0 Å². The molecule has 12 heteroatoms. The molecule has 1 fully saturated rings. The summed E-state index contributed by atoms with van der Waals surface area (Å²) in [6.07, 6.45) is -1.17. The van der Waals surface area contributed by atoms with Crippen LogP contribution in [0.5, 0.6) is 11.9 Å². The van der Waals surface area contributed by atoms with Crippen molar-refractivity contribution in [2.75, 3.05) is 32.2 Å². The highest BCUT2D eigenvalue weighted by Gasteiger charge is 2.59. The van der Waals surface area contributed by atoms with E-state index < -0.39 is 24.8 Å². The lowest BCUT2D eigenvalue weighted by Gasteiger charge is -2.24. The molecule has 0 saturated carbocycles. The van der Waals surface area contributed by atoms with E-state index in [4.69, 9.17) is 9.47 Å². The molecule has 0 radical (unpaired) electrons. The molecule has 1 aliphatic heterocycles. The predicted molar refractivity (Wildman–Crippen MR) is 93.8 cm³/mol. The molecule has 1 unspecified atom stereocenters. The zero-order valence-corrected chi connectivity index (χ0v) is 15.4. The summed E-state index contributed by atoms with van der Waals surface area (Å²) < 4.78 is 65.4. The number of anilines is 1. The van der Waals surface area contributed by atoms with Crippen LogP contribution in [0.3, 0.4) is 0 Å². The van der Waals surface area contributed by atoms with Gasteiger partial charge in [0.15, 0.2) is 5.65 Å². The molecule has 0 spiro atoms. The summed E-state index contributed by atoms with van der Waals surface area (Å²) in [7, 11) is 2.81. The molecule has 0 aliphatic carbocycles. The van der Waals surface area contributed by atoms with Crippen LogP contribution in [-0.4, -0.2) is 63.7 Å². The first-order valence-electron chi connectivity index (χ1n) is 8.56. The quantitative estimate of drug-likeness (QED) is 0.610. The Bertz CT molecular complexity index is 1060. The lowest BCUT2D eigenvalue weighted by atomic mass is 10.1. The molecule has 1 atom stereocenters. The Morgan fingerprint density at radius 3 is 2.62 bits per heavy atom.